The van der Waals surface area contributed by atoms with Gasteiger partial charge in [-0.2, -0.15) is 0 Å². The summed E-state index contributed by atoms with van der Waals surface area (Å²) in [5.41, 5.74) is 3.88. The standard InChI is InChI=1S/C28H28N4O3/c1-34-25-12-8-24(9-13-25)30-16-18-31(19-17-30)28(33)14-7-22-5-10-26(11-6-22)35-21-23-20-32-15-3-2-4-27(32)29-23/h2-15,20H,16-19,21H2,1H3. The predicted octanol–water partition coefficient (Wildman–Crippen LogP) is 4.28. The molecule has 0 aliphatic carbocycles. The number of anilines is 1. The highest BCUT2D eigenvalue weighted by atomic mass is 16.5. The lowest BCUT2D eigenvalue weighted by Gasteiger charge is -2.35. The maximum absolute atomic E-state index is 12.7. The van der Waals surface area contributed by atoms with Crippen LogP contribution in [-0.4, -0.2) is 53.5 Å². The molecule has 0 N–H and O–H groups in total. The quantitative estimate of drug-likeness (QED) is 0.379. The highest BCUT2D eigenvalue weighted by Crippen LogP contribution is 2.21. The third kappa shape index (κ3) is 5.46. The molecule has 0 bridgehead atoms. The molecule has 0 unspecified atom stereocenters. The largest absolute Gasteiger partial charge is 0.497 e. The van der Waals surface area contributed by atoms with Crippen molar-refractivity contribution in [1.29, 1.82) is 0 Å². The second kappa shape index (κ2) is 10.3. The molecule has 0 saturated carbocycles. The molecule has 1 aliphatic rings. The first-order valence-corrected chi connectivity index (χ1v) is 11.7. The number of hydrogen-bond donors (Lipinski definition) is 0. The van der Waals surface area contributed by atoms with Crippen LogP contribution in [-0.2, 0) is 11.4 Å². The van der Waals surface area contributed by atoms with Gasteiger partial charge in [0, 0.05) is 50.3 Å². The van der Waals surface area contributed by atoms with Crippen molar-refractivity contribution in [2.45, 2.75) is 6.61 Å². The maximum atomic E-state index is 12.7. The van der Waals surface area contributed by atoms with Crippen LogP contribution in [0, 0.1) is 0 Å². The van der Waals surface area contributed by atoms with Gasteiger partial charge in [0.25, 0.3) is 0 Å². The molecule has 0 spiro atoms. The fraction of sp³-hybridized carbons (Fsp3) is 0.214. The molecule has 0 radical (unpaired) electrons. The fourth-order valence-electron chi connectivity index (χ4n) is 4.14. The van der Waals surface area contributed by atoms with E-state index in [2.05, 4.69) is 22.0 Å². The van der Waals surface area contributed by atoms with Crippen LogP contribution in [0.1, 0.15) is 11.3 Å². The number of fused-ring (bicyclic) bond motifs is 1. The van der Waals surface area contributed by atoms with Crippen molar-refractivity contribution in [2.24, 2.45) is 0 Å². The first kappa shape index (κ1) is 22.5. The Morgan fingerprint density at radius 3 is 2.40 bits per heavy atom. The van der Waals surface area contributed by atoms with Crippen molar-refractivity contribution in [2.75, 3.05) is 38.2 Å². The Morgan fingerprint density at radius 1 is 0.943 bits per heavy atom. The summed E-state index contributed by atoms with van der Waals surface area (Å²) in [5.74, 6) is 1.64. The molecule has 5 rings (SSSR count). The highest BCUT2D eigenvalue weighted by Gasteiger charge is 2.19. The number of benzene rings is 2. The molecule has 1 fully saturated rings. The van der Waals surface area contributed by atoms with Crippen LogP contribution in [0.25, 0.3) is 11.7 Å². The summed E-state index contributed by atoms with van der Waals surface area (Å²) in [6, 6.07) is 21.7. The van der Waals surface area contributed by atoms with Crippen LogP contribution in [0.15, 0.2) is 85.2 Å². The first-order chi connectivity index (χ1) is 17.2. The summed E-state index contributed by atoms with van der Waals surface area (Å²) in [7, 11) is 1.67. The molecule has 2 aromatic heterocycles. The third-order valence-electron chi connectivity index (χ3n) is 6.13. The molecule has 0 atom stereocenters. The number of pyridine rings is 1. The fourth-order valence-corrected chi connectivity index (χ4v) is 4.14. The van der Waals surface area contributed by atoms with Crippen LogP contribution >= 0.6 is 0 Å². The number of methoxy groups -OCH3 is 1. The van der Waals surface area contributed by atoms with Gasteiger partial charge < -0.3 is 23.7 Å². The monoisotopic (exact) mass is 468 g/mol. The van der Waals surface area contributed by atoms with Crippen LogP contribution < -0.4 is 14.4 Å². The van der Waals surface area contributed by atoms with Crippen LogP contribution in [0.4, 0.5) is 5.69 Å². The zero-order chi connectivity index (χ0) is 24.0. The molecule has 7 heteroatoms. The summed E-state index contributed by atoms with van der Waals surface area (Å²) < 4.78 is 13.1. The average molecular weight is 469 g/mol. The normalized spacial score (nSPS) is 14.0. The van der Waals surface area contributed by atoms with Gasteiger partial charge in [0.1, 0.15) is 23.8 Å². The van der Waals surface area contributed by atoms with E-state index in [9.17, 15) is 4.79 Å². The summed E-state index contributed by atoms with van der Waals surface area (Å²) in [6.45, 7) is 3.42. The molecule has 178 valence electrons. The van der Waals surface area contributed by atoms with E-state index >= 15 is 0 Å². The van der Waals surface area contributed by atoms with Gasteiger partial charge in [0.05, 0.1) is 12.8 Å². The zero-order valence-corrected chi connectivity index (χ0v) is 19.7. The lowest BCUT2D eigenvalue weighted by atomic mass is 10.2. The second-order valence-electron chi connectivity index (χ2n) is 8.40. The van der Waals surface area contributed by atoms with Crippen molar-refractivity contribution < 1.29 is 14.3 Å². The maximum Gasteiger partial charge on any atom is 0.246 e. The van der Waals surface area contributed by atoms with E-state index in [-0.39, 0.29) is 5.91 Å². The van der Waals surface area contributed by atoms with Gasteiger partial charge in [0.2, 0.25) is 5.91 Å². The molecule has 1 aliphatic heterocycles. The lowest BCUT2D eigenvalue weighted by molar-refractivity contribution is -0.126. The molecule has 3 heterocycles. The van der Waals surface area contributed by atoms with E-state index in [1.807, 2.05) is 82.4 Å². The Hall–Kier alpha value is -4.26. The van der Waals surface area contributed by atoms with Gasteiger partial charge in [-0.3, -0.25) is 4.79 Å². The van der Waals surface area contributed by atoms with Crippen molar-refractivity contribution in [1.82, 2.24) is 14.3 Å². The van der Waals surface area contributed by atoms with Crippen molar-refractivity contribution in [3.8, 4) is 11.5 Å². The summed E-state index contributed by atoms with van der Waals surface area (Å²) in [4.78, 5) is 21.4. The Balaban J connectivity index is 1.10. The smallest absolute Gasteiger partial charge is 0.246 e. The molecule has 4 aromatic rings. The lowest BCUT2D eigenvalue weighted by Crippen LogP contribution is -2.48. The van der Waals surface area contributed by atoms with E-state index in [1.54, 1.807) is 13.2 Å². The number of rotatable bonds is 7. The first-order valence-electron chi connectivity index (χ1n) is 11.7. The Labute approximate surface area is 204 Å². The number of carbonyl (C=O) groups is 1. The van der Waals surface area contributed by atoms with Crippen molar-refractivity contribution in [3.63, 3.8) is 0 Å². The Bertz CT molecular complexity index is 1270. The minimum absolute atomic E-state index is 0.0338. The van der Waals surface area contributed by atoms with Crippen LogP contribution in [0.5, 0.6) is 11.5 Å². The molecule has 1 saturated heterocycles. The van der Waals surface area contributed by atoms with Gasteiger partial charge >= 0.3 is 0 Å². The topological polar surface area (TPSA) is 59.3 Å². The number of ether oxygens (including phenoxy) is 2. The summed E-state index contributed by atoms with van der Waals surface area (Å²) in [5, 5.41) is 0. The van der Waals surface area contributed by atoms with Gasteiger partial charge in [-0.15, -0.1) is 0 Å². The molecule has 2 aromatic carbocycles. The average Bonchev–Trinajstić information content (AvgIpc) is 3.34. The molecule has 35 heavy (non-hydrogen) atoms. The Morgan fingerprint density at radius 2 is 1.69 bits per heavy atom. The van der Waals surface area contributed by atoms with Gasteiger partial charge in [-0.05, 0) is 60.2 Å². The second-order valence-corrected chi connectivity index (χ2v) is 8.40. The SMILES string of the molecule is COc1ccc(N2CCN(C(=O)C=Cc3ccc(OCc4cn5ccccc5n4)cc3)CC2)cc1. The molecule has 7 nitrogen and oxygen atoms in total. The van der Waals surface area contributed by atoms with Crippen LogP contribution in [0.2, 0.25) is 0 Å². The zero-order valence-electron chi connectivity index (χ0n) is 19.7. The number of hydrogen-bond acceptors (Lipinski definition) is 5. The number of aromatic nitrogens is 2. The molecule has 1 amide bonds. The predicted molar refractivity (Wildman–Crippen MR) is 137 cm³/mol. The van der Waals surface area contributed by atoms with Gasteiger partial charge in [-0.25, -0.2) is 4.98 Å². The number of carbonyl (C=O) groups excluding carboxylic acids is 1. The summed E-state index contributed by atoms with van der Waals surface area (Å²) in [6.07, 6.45) is 7.43. The number of piperazine rings is 1. The number of imidazole rings is 1. The number of nitrogens with zero attached hydrogens (tertiary/aromatic N) is 4. The van der Waals surface area contributed by atoms with E-state index < -0.39 is 0 Å². The number of amides is 1. The molecular formula is C28H28N4O3. The van der Waals surface area contributed by atoms with Crippen molar-refractivity contribution in [3.05, 3.63) is 96.5 Å². The minimum Gasteiger partial charge on any atom is -0.497 e. The minimum atomic E-state index is 0.0338. The molecular weight excluding hydrogens is 440 g/mol. The van der Waals surface area contributed by atoms with Crippen molar-refractivity contribution >= 4 is 23.3 Å². The van der Waals surface area contributed by atoms with Gasteiger partial charge in [-0.1, -0.05) is 18.2 Å². The van der Waals surface area contributed by atoms with E-state index in [0.717, 1.165) is 47.2 Å². The van der Waals surface area contributed by atoms with E-state index in [0.29, 0.717) is 19.7 Å². The van der Waals surface area contributed by atoms with Gasteiger partial charge in [0.15, 0.2) is 0 Å². The van der Waals surface area contributed by atoms with E-state index in [4.69, 9.17) is 9.47 Å². The summed E-state index contributed by atoms with van der Waals surface area (Å²) >= 11 is 0. The highest BCUT2D eigenvalue weighted by molar-refractivity contribution is 5.92. The van der Waals surface area contributed by atoms with Crippen LogP contribution in [0.3, 0.4) is 0 Å². The Kier molecular flexibility index (Phi) is 6.66. The van der Waals surface area contributed by atoms with E-state index in [1.165, 1.54) is 0 Å². The third-order valence-corrected chi connectivity index (χ3v) is 6.13.